The van der Waals surface area contributed by atoms with Gasteiger partial charge in [-0.15, -0.1) is 0 Å². The summed E-state index contributed by atoms with van der Waals surface area (Å²) in [6, 6.07) is 34.1. The lowest BCUT2D eigenvalue weighted by atomic mass is 9.35. The molecule has 314 valence electrons. The third kappa shape index (κ3) is 6.10. The Morgan fingerprint density at radius 1 is 0.574 bits per heavy atom. The molecule has 6 aromatic rings. The highest BCUT2D eigenvalue weighted by Gasteiger charge is 2.49. The summed E-state index contributed by atoms with van der Waals surface area (Å²) in [4.78, 5) is 5.19. The van der Waals surface area contributed by atoms with Gasteiger partial charge in [0.25, 0.3) is 6.71 Å². The molecule has 61 heavy (non-hydrogen) atoms. The van der Waals surface area contributed by atoms with Crippen LogP contribution in [0.4, 0.5) is 34.1 Å². The third-order valence-corrected chi connectivity index (χ3v) is 17.8. The average Bonchev–Trinajstić information content (AvgIpc) is 3.55. The van der Waals surface area contributed by atoms with Crippen molar-refractivity contribution in [1.82, 2.24) is 0 Å². The van der Waals surface area contributed by atoms with E-state index < -0.39 is 8.07 Å². The van der Waals surface area contributed by atoms with Crippen molar-refractivity contribution in [2.75, 3.05) is 9.80 Å². The summed E-state index contributed by atoms with van der Waals surface area (Å²) in [6.45, 7) is 36.1. The molecule has 0 atom stereocenters. The van der Waals surface area contributed by atoms with Gasteiger partial charge in [-0.25, -0.2) is 0 Å². The maximum Gasteiger partial charge on any atom is 0.297 e. The Bertz CT molecular complexity index is 2790. The fraction of sp³-hybridized carbons (Fsp3) is 0.429. The summed E-state index contributed by atoms with van der Waals surface area (Å²) in [7, 11) is -1.53. The first-order valence-electron chi connectivity index (χ1n) is 23.1. The summed E-state index contributed by atoms with van der Waals surface area (Å²) in [5.74, 6) is 0. The topological polar surface area (TPSA) is 19.6 Å². The molecule has 2 aliphatic carbocycles. The van der Waals surface area contributed by atoms with Gasteiger partial charge in [-0.1, -0.05) is 131 Å². The normalized spacial score (nSPS) is 19.2. The monoisotopic (exact) mass is 823 g/mol. The number of anilines is 6. The Kier molecular flexibility index (Phi) is 8.52. The van der Waals surface area contributed by atoms with Crippen LogP contribution in [0.15, 0.2) is 89.3 Å². The van der Waals surface area contributed by atoms with Crippen molar-refractivity contribution in [3.8, 4) is 0 Å². The molecule has 2 aliphatic heterocycles. The van der Waals surface area contributed by atoms with Crippen molar-refractivity contribution in [1.29, 1.82) is 0 Å². The van der Waals surface area contributed by atoms with Gasteiger partial charge in [-0.05, 0) is 159 Å². The molecule has 0 saturated carbocycles. The second-order valence-electron chi connectivity index (χ2n) is 24.1. The molecule has 0 bridgehead atoms. The molecule has 3 nitrogen and oxygen atoms in total. The van der Waals surface area contributed by atoms with Crippen LogP contribution in [0.2, 0.25) is 19.6 Å². The summed E-state index contributed by atoms with van der Waals surface area (Å²) in [5, 5.41) is 2.70. The first-order valence-corrected chi connectivity index (χ1v) is 26.6. The molecule has 0 fully saturated rings. The van der Waals surface area contributed by atoms with Crippen LogP contribution in [0.25, 0.3) is 11.0 Å². The largest absolute Gasteiger partial charge is 0.468 e. The van der Waals surface area contributed by atoms with Crippen LogP contribution >= 0.6 is 0 Å². The van der Waals surface area contributed by atoms with Gasteiger partial charge in [0.15, 0.2) is 0 Å². The van der Waals surface area contributed by atoms with Crippen molar-refractivity contribution >= 4 is 81.7 Å². The van der Waals surface area contributed by atoms with Crippen LogP contribution in [-0.4, -0.2) is 14.8 Å². The second kappa shape index (κ2) is 12.8. The van der Waals surface area contributed by atoms with Crippen molar-refractivity contribution < 1.29 is 4.42 Å². The van der Waals surface area contributed by atoms with Crippen LogP contribution in [0.1, 0.15) is 135 Å². The highest BCUT2D eigenvalue weighted by Crippen LogP contribution is 2.53. The summed E-state index contributed by atoms with van der Waals surface area (Å²) in [5.41, 5.74) is 20.9. The molecule has 0 saturated heterocycles. The van der Waals surface area contributed by atoms with Crippen LogP contribution in [0.3, 0.4) is 0 Å². The molecular formula is C56H67BN2OSi. The predicted octanol–water partition coefficient (Wildman–Crippen LogP) is 13.4. The number of furan rings is 1. The van der Waals surface area contributed by atoms with Crippen molar-refractivity contribution in [3.05, 3.63) is 118 Å². The minimum atomic E-state index is -1.53. The summed E-state index contributed by atoms with van der Waals surface area (Å²) >= 11 is 0. The highest BCUT2D eigenvalue weighted by molar-refractivity contribution is 7.00. The second-order valence-corrected chi connectivity index (χ2v) is 29.2. The molecular weight excluding hydrogens is 756 g/mol. The maximum absolute atomic E-state index is 7.56. The van der Waals surface area contributed by atoms with Crippen LogP contribution in [0.5, 0.6) is 0 Å². The van der Waals surface area contributed by atoms with E-state index in [-0.39, 0.29) is 33.8 Å². The maximum atomic E-state index is 7.56. The Morgan fingerprint density at radius 2 is 1.05 bits per heavy atom. The number of hydrogen-bond acceptors (Lipinski definition) is 3. The zero-order chi connectivity index (χ0) is 43.6. The minimum Gasteiger partial charge on any atom is -0.468 e. The average molecular weight is 823 g/mol. The molecule has 10 rings (SSSR count). The molecule has 4 aliphatic rings. The lowest BCUT2D eigenvalue weighted by Gasteiger charge is -2.46. The third-order valence-electron chi connectivity index (χ3n) is 15.7. The number of nitrogens with zero attached hydrogens (tertiary/aromatic N) is 2. The number of benzene rings is 5. The lowest BCUT2D eigenvalue weighted by Crippen LogP contribution is -2.61. The molecule has 0 radical (unpaired) electrons. The predicted molar refractivity (Wildman–Crippen MR) is 267 cm³/mol. The van der Waals surface area contributed by atoms with E-state index >= 15 is 0 Å². The molecule has 5 heteroatoms. The molecule has 0 unspecified atom stereocenters. The quantitative estimate of drug-likeness (QED) is 0.166. The fourth-order valence-electron chi connectivity index (χ4n) is 11.5. The van der Waals surface area contributed by atoms with E-state index in [0.717, 1.165) is 11.2 Å². The Hall–Kier alpha value is -4.48. The first-order chi connectivity index (χ1) is 28.4. The van der Waals surface area contributed by atoms with E-state index in [2.05, 4.69) is 197 Å². The zero-order valence-corrected chi connectivity index (χ0v) is 40.8. The van der Waals surface area contributed by atoms with Gasteiger partial charge in [-0.2, -0.15) is 0 Å². The van der Waals surface area contributed by atoms with Crippen molar-refractivity contribution in [3.63, 3.8) is 0 Å². The Balaban J connectivity index is 1.33. The van der Waals surface area contributed by atoms with E-state index in [0.29, 0.717) is 0 Å². The number of aryl methyl sites for hydroxylation is 1. The molecule has 1 aromatic heterocycles. The lowest BCUT2D eigenvalue weighted by molar-refractivity contribution is 0.332. The van der Waals surface area contributed by atoms with Crippen LogP contribution in [-0.2, 0) is 27.1 Å². The van der Waals surface area contributed by atoms with Gasteiger partial charge in [0.05, 0.1) is 19.4 Å². The van der Waals surface area contributed by atoms with Gasteiger partial charge in [0.2, 0.25) is 0 Å². The number of hydrogen-bond donors (Lipinski definition) is 0. The number of rotatable bonds is 3. The zero-order valence-electron chi connectivity index (χ0n) is 39.8. The Labute approximate surface area is 368 Å². The van der Waals surface area contributed by atoms with Gasteiger partial charge in [0.1, 0.15) is 5.58 Å². The fourth-order valence-corrected chi connectivity index (χ4v) is 12.7. The van der Waals surface area contributed by atoms with Gasteiger partial charge in [-0.3, -0.25) is 0 Å². The summed E-state index contributed by atoms with van der Waals surface area (Å²) in [6.07, 6.45) is 4.68. The SMILES string of the molecule is Cc1cc2c3c(c1)N(c1ccc([Si](C)(C)C)cc1)c1c(oc4cc5c(cc14)C(C)(C)CCC5(C)C)B3c1cc3c(cc1N2c1ccc(C(C)(C)C)cc1)C(C)(C)CCC3(C)C. The van der Waals surface area contributed by atoms with Gasteiger partial charge >= 0.3 is 0 Å². The standard InChI is InChI=1S/C56H67BN2OSi/c1-34-28-46-49-47(29-34)59(37-20-22-38(23-21-37)61(13,14)15)50-39-30-40-43(56(11,12)27-24-53(40,5)6)33-48(39)60-51(50)57(49)44-31-41-42(55(9,10)26-25-54(41,7)8)32-45(44)58(46)36-18-16-35(17-19-36)52(2,3)4/h16-23,28-33H,24-27H2,1-15H3. The first kappa shape index (κ1) is 40.6. The van der Waals surface area contributed by atoms with E-state index in [4.69, 9.17) is 4.42 Å². The smallest absolute Gasteiger partial charge is 0.297 e. The Morgan fingerprint density at radius 3 is 1.59 bits per heavy atom. The van der Waals surface area contributed by atoms with E-state index in [9.17, 15) is 0 Å². The van der Waals surface area contributed by atoms with E-state index in [1.54, 1.807) is 0 Å². The van der Waals surface area contributed by atoms with Gasteiger partial charge in [0, 0.05) is 33.8 Å². The van der Waals surface area contributed by atoms with Gasteiger partial charge < -0.3 is 14.2 Å². The van der Waals surface area contributed by atoms with E-state index in [1.165, 1.54) is 115 Å². The molecule has 3 heterocycles. The van der Waals surface area contributed by atoms with Crippen LogP contribution in [0, 0.1) is 6.92 Å². The minimum absolute atomic E-state index is 0.0567. The van der Waals surface area contributed by atoms with Crippen molar-refractivity contribution in [2.45, 2.75) is 155 Å². The highest BCUT2D eigenvalue weighted by atomic mass is 28.3. The van der Waals surface area contributed by atoms with E-state index in [1.807, 2.05) is 0 Å². The molecule has 0 N–H and O–H groups in total. The number of fused-ring (bicyclic) bond motifs is 8. The molecule has 0 spiro atoms. The van der Waals surface area contributed by atoms with Crippen molar-refractivity contribution in [2.24, 2.45) is 0 Å². The summed E-state index contributed by atoms with van der Waals surface area (Å²) < 4.78 is 7.56. The molecule has 0 amide bonds. The van der Waals surface area contributed by atoms with Crippen LogP contribution < -0.4 is 31.6 Å². The molecule has 5 aromatic carbocycles.